The van der Waals surface area contributed by atoms with Crippen LogP contribution in [0.3, 0.4) is 0 Å². The van der Waals surface area contributed by atoms with Crippen LogP contribution in [0.1, 0.15) is 16.1 Å². The van der Waals surface area contributed by atoms with Crippen molar-refractivity contribution in [1.29, 1.82) is 0 Å². The maximum absolute atomic E-state index is 12.2. The highest BCUT2D eigenvalue weighted by Crippen LogP contribution is 2.23. The van der Waals surface area contributed by atoms with Crippen LogP contribution in [0.15, 0.2) is 91.3 Å². The predicted molar refractivity (Wildman–Crippen MR) is 114 cm³/mol. The van der Waals surface area contributed by atoms with Gasteiger partial charge in [-0.25, -0.2) is 0 Å². The van der Waals surface area contributed by atoms with E-state index in [0.29, 0.717) is 12.4 Å². The molecule has 0 saturated carbocycles. The lowest BCUT2D eigenvalue weighted by molar-refractivity contribution is 0.0945. The third-order valence-corrected chi connectivity index (χ3v) is 4.21. The van der Waals surface area contributed by atoms with Crippen molar-refractivity contribution in [1.82, 2.24) is 20.5 Å². The topological polar surface area (TPSA) is 89.0 Å². The summed E-state index contributed by atoms with van der Waals surface area (Å²) in [5.74, 6) is 1.77. The fourth-order valence-corrected chi connectivity index (χ4v) is 2.67. The number of ether oxygens (including phenoxy) is 1. The number of carbonyl (C=O) groups excluding carboxylic acids is 1. The van der Waals surface area contributed by atoms with Crippen molar-refractivity contribution in [3.63, 3.8) is 0 Å². The summed E-state index contributed by atoms with van der Waals surface area (Å²) in [7, 11) is 0. The molecule has 0 aliphatic carbocycles. The predicted octanol–water partition coefficient (Wildman–Crippen LogP) is 4.34. The number of rotatable bonds is 7. The molecule has 0 spiro atoms. The Bertz CT molecular complexity index is 1090. The van der Waals surface area contributed by atoms with Crippen LogP contribution >= 0.6 is 0 Å². The molecule has 148 valence electrons. The lowest BCUT2D eigenvalue weighted by Crippen LogP contribution is -2.24. The summed E-state index contributed by atoms with van der Waals surface area (Å²) < 4.78 is 5.78. The van der Waals surface area contributed by atoms with Gasteiger partial charge in [-0.05, 0) is 66.2 Å². The largest absolute Gasteiger partial charge is 0.457 e. The van der Waals surface area contributed by atoms with Gasteiger partial charge in [-0.2, -0.15) is 0 Å². The zero-order valence-electron chi connectivity index (χ0n) is 16.0. The van der Waals surface area contributed by atoms with Gasteiger partial charge in [0.05, 0.1) is 0 Å². The van der Waals surface area contributed by atoms with Crippen LogP contribution in [0.4, 0.5) is 11.5 Å². The first-order valence-electron chi connectivity index (χ1n) is 9.37. The maximum atomic E-state index is 12.2. The van der Waals surface area contributed by atoms with E-state index in [1.807, 2.05) is 66.7 Å². The molecule has 0 saturated heterocycles. The van der Waals surface area contributed by atoms with Gasteiger partial charge >= 0.3 is 0 Å². The lowest BCUT2D eigenvalue weighted by Gasteiger charge is -2.08. The number of anilines is 2. The van der Waals surface area contributed by atoms with Crippen LogP contribution in [0.2, 0.25) is 0 Å². The van der Waals surface area contributed by atoms with Crippen molar-refractivity contribution in [3.8, 4) is 11.5 Å². The minimum absolute atomic E-state index is 0.251. The van der Waals surface area contributed by atoms with Gasteiger partial charge in [-0.3, -0.25) is 9.78 Å². The summed E-state index contributed by atoms with van der Waals surface area (Å²) in [5, 5.41) is 14.0. The maximum Gasteiger partial charge on any atom is 0.272 e. The molecule has 0 atom stereocenters. The van der Waals surface area contributed by atoms with Crippen molar-refractivity contribution in [3.05, 3.63) is 103 Å². The van der Waals surface area contributed by atoms with Crippen LogP contribution in [0.5, 0.6) is 11.5 Å². The van der Waals surface area contributed by atoms with Crippen LogP contribution in [-0.2, 0) is 6.54 Å². The second-order valence-electron chi connectivity index (χ2n) is 6.41. The SMILES string of the molecule is O=C(NCc1ccncc1)c1ccc(Nc2ccc(Oc3ccccc3)cc2)nn1. The molecule has 0 radical (unpaired) electrons. The number of carbonyl (C=O) groups is 1. The van der Waals surface area contributed by atoms with Crippen molar-refractivity contribution in [2.24, 2.45) is 0 Å². The number of benzene rings is 2. The number of nitrogens with zero attached hydrogens (tertiary/aromatic N) is 3. The van der Waals surface area contributed by atoms with E-state index < -0.39 is 0 Å². The Hall–Kier alpha value is -4.26. The molecule has 4 aromatic rings. The lowest BCUT2D eigenvalue weighted by atomic mass is 10.2. The first kappa shape index (κ1) is 19.1. The van der Waals surface area contributed by atoms with Gasteiger partial charge in [0.15, 0.2) is 11.5 Å². The Morgan fingerprint density at radius 1 is 0.800 bits per heavy atom. The zero-order valence-corrected chi connectivity index (χ0v) is 16.0. The van der Waals surface area contributed by atoms with Crippen molar-refractivity contribution in [2.75, 3.05) is 5.32 Å². The molecule has 30 heavy (non-hydrogen) atoms. The molecule has 7 heteroatoms. The Kier molecular flexibility index (Phi) is 5.91. The highest BCUT2D eigenvalue weighted by atomic mass is 16.5. The Balaban J connectivity index is 1.32. The number of para-hydroxylation sites is 1. The van der Waals surface area contributed by atoms with Crippen molar-refractivity contribution >= 4 is 17.4 Å². The average molecular weight is 397 g/mol. The summed E-state index contributed by atoms with van der Waals surface area (Å²) in [6.45, 7) is 0.403. The van der Waals surface area contributed by atoms with Gasteiger partial charge in [-0.1, -0.05) is 18.2 Å². The minimum atomic E-state index is -0.284. The fourth-order valence-electron chi connectivity index (χ4n) is 2.67. The normalized spacial score (nSPS) is 10.3. The Morgan fingerprint density at radius 2 is 1.53 bits per heavy atom. The van der Waals surface area contributed by atoms with E-state index in [1.54, 1.807) is 24.5 Å². The molecule has 2 aromatic heterocycles. The molecular formula is C23H19N5O2. The van der Waals surface area contributed by atoms with Gasteiger partial charge in [0.2, 0.25) is 0 Å². The van der Waals surface area contributed by atoms with Gasteiger partial charge < -0.3 is 15.4 Å². The van der Waals surface area contributed by atoms with E-state index in [9.17, 15) is 4.79 Å². The monoisotopic (exact) mass is 397 g/mol. The van der Waals surface area contributed by atoms with E-state index in [-0.39, 0.29) is 11.6 Å². The zero-order chi connectivity index (χ0) is 20.6. The van der Waals surface area contributed by atoms with Gasteiger partial charge in [0.25, 0.3) is 5.91 Å². The molecule has 2 heterocycles. The Labute approximate surface area is 173 Å². The third-order valence-electron chi connectivity index (χ3n) is 4.21. The molecular weight excluding hydrogens is 378 g/mol. The van der Waals surface area contributed by atoms with E-state index in [2.05, 4.69) is 25.8 Å². The van der Waals surface area contributed by atoms with E-state index in [1.165, 1.54) is 0 Å². The molecule has 1 amide bonds. The van der Waals surface area contributed by atoms with Crippen LogP contribution in [-0.4, -0.2) is 21.1 Å². The summed E-state index contributed by atoms with van der Waals surface area (Å²) in [5.41, 5.74) is 2.05. The highest BCUT2D eigenvalue weighted by Gasteiger charge is 2.08. The highest BCUT2D eigenvalue weighted by molar-refractivity contribution is 5.92. The van der Waals surface area contributed by atoms with Gasteiger partial charge in [-0.15, -0.1) is 10.2 Å². The van der Waals surface area contributed by atoms with E-state index >= 15 is 0 Å². The number of pyridine rings is 1. The average Bonchev–Trinajstić information content (AvgIpc) is 2.81. The molecule has 4 rings (SSSR count). The summed E-state index contributed by atoms with van der Waals surface area (Å²) in [4.78, 5) is 16.2. The number of nitrogens with one attached hydrogen (secondary N) is 2. The number of aromatic nitrogens is 3. The minimum Gasteiger partial charge on any atom is -0.457 e. The molecule has 0 aliphatic heterocycles. The van der Waals surface area contributed by atoms with E-state index in [0.717, 1.165) is 22.7 Å². The molecule has 0 aliphatic rings. The summed E-state index contributed by atoms with van der Waals surface area (Å²) >= 11 is 0. The van der Waals surface area contributed by atoms with Crippen LogP contribution < -0.4 is 15.4 Å². The molecule has 0 bridgehead atoms. The van der Waals surface area contributed by atoms with Crippen molar-refractivity contribution in [2.45, 2.75) is 6.54 Å². The second kappa shape index (κ2) is 9.29. The van der Waals surface area contributed by atoms with Crippen molar-refractivity contribution < 1.29 is 9.53 Å². The van der Waals surface area contributed by atoms with Gasteiger partial charge in [0.1, 0.15) is 11.5 Å². The van der Waals surface area contributed by atoms with Crippen LogP contribution in [0.25, 0.3) is 0 Å². The Morgan fingerprint density at radius 3 is 2.23 bits per heavy atom. The molecule has 7 nitrogen and oxygen atoms in total. The second-order valence-corrected chi connectivity index (χ2v) is 6.41. The van der Waals surface area contributed by atoms with E-state index in [4.69, 9.17) is 4.74 Å². The number of hydrogen-bond acceptors (Lipinski definition) is 6. The fraction of sp³-hybridized carbons (Fsp3) is 0.0435. The number of hydrogen-bond donors (Lipinski definition) is 2. The third kappa shape index (κ3) is 5.17. The first-order valence-corrected chi connectivity index (χ1v) is 9.37. The smallest absolute Gasteiger partial charge is 0.272 e. The quantitative estimate of drug-likeness (QED) is 0.482. The van der Waals surface area contributed by atoms with Gasteiger partial charge in [0, 0.05) is 24.6 Å². The summed E-state index contributed by atoms with van der Waals surface area (Å²) in [6.07, 6.45) is 3.37. The molecule has 0 unspecified atom stereocenters. The first-order chi connectivity index (χ1) is 14.8. The number of amides is 1. The van der Waals surface area contributed by atoms with Crippen LogP contribution in [0, 0.1) is 0 Å². The molecule has 2 N–H and O–H groups in total. The standard InChI is InChI=1S/C23H19N5O2/c29-23(25-16-17-12-14-24-15-13-17)21-10-11-22(28-27-21)26-18-6-8-20(9-7-18)30-19-4-2-1-3-5-19/h1-15H,16H2,(H,25,29)(H,26,28). The summed E-state index contributed by atoms with van der Waals surface area (Å²) in [6, 6.07) is 24.1. The molecule has 2 aromatic carbocycles. The molecule has 0 fully saturated rings.